The Morgan fingerprint density at radius 2 is 2.29 bits per heavy atom. The SMILES string of the molecule is COc1c(N)ncnc1NC1CCC1. The van der Waals surface area contributed by atoms with E-state index in [-0.39, 0.29) is 0 Å². The maximum absolute atomic E-state index is 5.65. The third-order valence-electron chi connectivity index (χ3n) is 2.48. The molecule has 0 bridgehead atoms. The predicted octanol–water partition coefficient (Wildman–Crippen LogP) is 1.03. The summed E-state index contributed by atoms with van der Waals surface area (Å²) >= 11 is 0. The van der Waals surface area contributed by atoms with Gasteiger partial charge in [0, 0.05) is 6.04 Å². The van der Waals surface area contributed by atoms with Crippen molar-refractivity contribution >= 4 is 11.6 Å². The van der Waals surface area contributed by atoms with Crippen LogP contribution < -0.4 is 15.8 Å². The lowest BCUT2D eigenvalue weighted by Gasteiger charge is -2.27. The molecule has 1 heterocycles. The van der Waals surface area contributed by atoms with Crippen LogP contribution in [0.25, 0.3) is 0 Å². The summed E-state index contributed by atoms with van der Waals surface area (Å²) in [4.78, 5) is 7.97. The second-order valence-electron chi connectivity index (χ2n) is 3.41. The number of hydrogen-bond donors (Lipinski definition) is 2. The smallest absolute Gasteiger partial charge is 0.203 e. The van der Waals surface area contributed by atoms with Crippen molar-refractivity contribution in [3.05, 3.63) is 6.33 Å². The molecular formula is C9H14N4O. The number of methoxy groups -OCH3 is 1. The van der Waals surface area contributed by atoms with Gasteiger partial charge in [-0.25, -0.2) is 9.97 Å². The highest BCUT2D eigenvalue weighted by Gasteiger charge is 2.20. The quantitative estimate of drug-likeness (QED) is 0.751. The topological polar surface area (TPSA) is 73.1 Å². The van der Waals surface area contributed by atoms with Gasteiger partial charge in [-0.15, -0.1) is 0 Å². The Morgan fingerprint density at radius 3 is 2.86 bits per heavy atom. The van der Waals surface area contributed by atoms with Crippen molar-refractivity contribution in [1.82, 2.24) is 9.97 Å². The molecule has 5 nitrogen and oxygen atoms in total. The molecule has 0 aliphatic heterocycles. The van der Waals surface area contributed by atoms with Gasteiger partial charge in [0.05, 0.1) is 7.11 Å². The van der Waals surface area contributed by atoms with Gasteiger partial charge in [0.15, 0.2) is 11.6 Å². The molecule has 0 unspecified atom stereocenters. The van der Waals surface area contributed by atoms with E-state index in [1.54, 1.807) is 7.11 Å². The lowest BCUT2D eigenvalue weighted by Crippen LogP contribution is -2.27. The average Bonchev–Trinajstić information content (AvgIpc) is 2.11. The Morgan fingerprint density at radius 1 is 1.50 bits per heavy atom. The van der Waals surface area contributed by atoms with Crippen LogP contribution in [0.3, 0.4) is 0 Å². The van der Waals surface area contributed by atoms with Crippen molar-refractivity contribution in [2.45, 2.75) is 25.3 Å². The first-order valence-electron chi connectivity index (χ1n) is 4.72. The van der Waals surface area contributed by atoms with E-state index in [2.05, 4.69) is 15.3 Å². The second kappa shape index (κ2) is 3.69. The van der Waals surface area contributed by atoms with E-state index in [0.717, 1.165) is 0 Å². The van der Waals surface area contributed by atoms with Crippen LogP contribution in [-0.4, -0.2) is 23.1 Å². The Balaban J connectivity index is 2.17. The summed E-state index contributed by atoms with van der Waals surface area (Å²) in [5.41, 5.74) is 5.65. The molecular weight excluding hydrogens is 180 g/mol. The number of ether oxygens (including phenoxy) is 1. The maximum Gasteiger partial charge on any atom is 0.203 e. The zero-order chi connectivity index (χ0) is 9.97. The van der Waals surface area contributed by atoms with E-state index in [4.69, 9.17) is 10.5 Å². The third kappa shape index (κ3) is 1.57. The molecule has 2 rings (SSSR count). The van der Waals surface area contributed by atoms with E-state index < -0.39 is 0 Å². The molecule has 76 valence electrons. The number of aromatic nitrogens is 2. The van der Waals surface area contributed by atoms with Crippen LogP contribution >= 0.6 is 0 Å². The van der Waals surface area contributed by atoms with Crippen molar-refractivity contribution in [3.8, 4) is 5.75 Å². The van der Waals surface area contributed by atoms with Crippen LogP contribution in [-0.2, 0) is 0 Å². The fourth-order valence-electron chi connectivity index (χ4n) is 1.44. The molecule has 14 heavy (non-hydrogen) atoms. The van der Waals surface area contributed by atoms with Crippen LogP contribution in [0.5, 0.6) is 5.75 Å². The van der Waals surface area contributed by atoms with E-state index in [1.165, 1.54) is 25.6 Å². The van der Waals surface area contributed by atoms with Gasteiger partial charge >= 0.3 is 0 Å². The molecule has 3 N–H and O–H groups in total. The molecule has 1 aliphatic carbocycles. The summed E-state index contributed by atoms with van der Waals surface area (Å²) in [7, 11) is 1.57. The van der Waals surface area contributed by atoms with Gasteiger partial charge in [0.25, 0.3) is 0 Å². The molecule has 0 amide bonds. The van der Waals surface area contributed by atoms with Crippen LogP contribution in [0.4, 0.5) is 11.6 Å². The summed E-state index contributed by atoms with van der Waals surface area (Å²) in [5.74, 6) is 1.62. The minimum atomic E-state index is 0.379. The molecule has 1 saturated carbocycles. The average molecular weight is 194 g/mol. The minimum Gasteiger partial charge on any atom is -0.490 e. The van der Waals surface area contributed by atoms with E-state index in [9.17, 15) is 0 Å². The highest BCUT2D eigenvalue weighted by molar-refractivity contribution is 5.61. The van der Waals surface area contributed by atoms with Gasteiger partial charge in [-0.1, -0.05) is 0 Å². The first-order valence-corrected chi connectivity index (χ1v) is 4.72. The van der Waals surface area contributed by atoms with Gasteiger partial charge in [0.1, 0.15) is 6.33 Å². The molecule has 1 fully saturated rings. The molecule has 0 saturated heterocycles. The Bertz CT molecular complexity index is 325. The summed E-state index contributed by atoms with van der Waals surface area (Å²) in [6, 6.07) is 0.512. The van der Waals surface area contributed by atoms with Gasteiger partial charge in [-0.2, -0.15) is 0 Å². The van der Waals surface area contributed by atoms with E-state index >= 15 is 0 Å². The normalized spacial score (nSPS) is 16.1. The highest BCUT2D eigenvalue weighted by atomic mass is 16.5. The molecule has 1 aromatic heterocycles. The van der Waals surface area contributed by atoms with Gasteiger partial charge in [-0.05, 0) is 19.3 Å². The Hall–Kier alpha value is -1.52. The molecule has 0 atom stereocenters. The number of anilines is 2. The fourth-order valence-corrected chi connectivity index (χ4v) is 1.44. The number of rotatable bonds is 3. The predicted molar refractivity (Wildman–Crippen MR) is 54.3 cm³/mol. The van der Waals surface area contributed by atoms with Gasteiger partial charge in [0.2, 0.25) is 5.75 Å². The van der Waals surface area contributed by atoms with Crippen molar-refractivity contribution in [2.24, 2.45) is 0 Å². The first kappa shape index (κ1) is 9.05. The minimum absolute atomic E-state index is 0.379. The third-order valence-corrected chi connectivity index (χ3v) is 2.48. The largest absolute Gasteiger partial charge is 0.490 e. The fraction of sp³-hybridized carbons (Fsp3) is 0.556. The summed E-state index contributed by atoms with van der Waals surface area (Å²) < 4.78 is 5.13. The van der Waals surface area contributed by atoms with Crippen LogP contribution in [0.2, 0.25) is 0 Å². The van der Waals surface area contributed by atoms with Crippen molar-refractivity contribution in [2.75, 3.05) is 18.2 Å². The molecule has 5 heteroatoms. The van der Waals surface area contributed by atoms with Crippen molar-refractivity contribution < 1.29 is 4.74 Å². The van der Waals surface area contributed by atoms with Crippen molar-refractivity contribution in [1.29, 1.82) is 0 Å². The molecule has 0 aromatic carbocycles. The summed E-state index contributed by atoms with van der Waals surface area (Å²) in [6.07, 6.45) is 5.10. The number of hydrogen-bond acceptors (Lipinski definition) is 5. The second-order valence-corrected chi connectivity index (χ2v) is 3.41. The molecule has 1 aromatic rings. The Kier molecular flexibility index (Phi) is 2.39. The number of nitrogens with two attached hydrogens (primary N) is 1. The number of nitrogens with zero attached hydrogens (tertiary/aromatic N) is 2. The van der Waals surface area contributed by atoms with E-state index in [0.29, 0.717) is 23.4 Å². The van der Waals surface area contributed by atoms with Gasteiger partial charge < -0.3 is 15.8 Å². The molecule has 1 aliphatic rings. The lowest BCUT2D eigenvalue weighted by molar-refractivity contribution is 0.408. The summed E-state index contributed by atoms with van der Waals surface area (Å²) in [6.45, 7) is 0. The lowest BCUT2D eigenvalue weighted by atomic mass is 9.93. The zero-order valence-corrected chi connectivity index (χ0v) is 8.16. The monoisotopic (exact) mass is 194 g/mol. The highest BCUT2D eigenvalue weighted by Crippen LogP contribution is 2.30. The summed E-state index contributed by atoms with van der Waals surface area (Å²) in [5, 5.41) is 3.28. The first-order chi connectivity index (χ1) is 6.81. The van der Waals surface area contributed by atoms with Crippen LogP contribution in [0, 0.1) is 0 Å². The standard InChI is InChI=1S/C9H14N4O/c1-14-7-8(10)11-5-12-9(7)13-6-3-2-4-6/h5-6H,2-4H2,1H3,(H3,10,11,12,13). The van der Waals surface area contributed by atoms with Gasteiger partial charge in [-0.3, -0.25) is 0 Å². The molecule has 0 spiro atoms. The van der Waals surface area contributed by atoms with Crippen LogP contribution in [0.1, 0.15) is 19.3 Å². The maximum atomic E-state index is 5.65. The van der Waals surface area contributed by atoms with Crippen LogP contribution in [0.15, 0.2) is 6.33 Å². The molecule has 0 radical (unpaired) electrons. The Labute approximate surface area is 82.7 Å². The zero-order valence-electron chi connectivity index (χ0n) is 8.16. The number of nitrogens with one attached hydrogen (secondary N) is 1. The van der Waals surface area contributed by atoms with E-state index in [1.807, 2.05) is 0 Å². The van der Waals surface area contributed by atoms with Crippen molar-refractivity contribution in [3.63, 3.8) is 0 Å². The number of nitrogen functional groups attached to an aromatic ring is 1.